The van der Waals surface area contributed by atoms with E-state index in [2.05, 4.69) is 42.1 Å². The van der Waals surface area contributed by atoms with Gasteiger partial charge in [0.05, 0.1) is 17.0 Å². The summed E-state index contributed by atoms with van der Waals surface area (Å²) in [4.78, 5) is 0.274. The lowest BCUT2D eigenvalue weighted by atomic mass is 9.91. The highest BCUT2D eigenvalue weighted by molar-refractivity contribution is 7.89. The molecule has 0 radical (unpaired) electrons. The van der Waals surface area contributed by atoms with Gasteiger partial charge >= 0.3 is 0 Å². The number of benzene rings is 3. The Bertz CT molecular complexity index is 1350. The topological polar surface area (TPSA) is 58.2 Å². The maximum atomic E-state index is 13.5. The molecule has 0 aromatic heterocycles. The Morgan fingerprint density at radius 3 is 1.92 bits per heavy atom. The molecule has 0 spiro atoms. The first-order chi connectivity index (χ1) is 18.3. The third kappa shape index (κ3) is 8.64. The minimum absolute atomic E-state index is 0. The molecule has 2 atom stereocenters. The summed E-state index contributed by atoms with van der Waals surface area (Å²) < 4.78 is 30.1. The summed E-state index contributed by atoms with van der Waals surface area (Å²) in [6.07, 6.45) is 7.82. The van der Waals surface area contributed by atoms with Crippen molar-refractivity contribution in [1.82, 2.24) is 10.0 Å². The van der Waals surface area contributed by atoms with Crippen LogP contribution >= 0.6 is 12.4 Å². The first-order valence-electron chi connectivity index (χ1n) is 13.6. The maximum absolute atomic E-state index is 13.5. The van der Waals surface area contributed by atoms with E-state index in [1.165, 1.54) is 11.1 Å². The zero-order chi connectivity index (χ0) is 27.0. The molecule has 0 amide bonds. The average Bonchev–Trinajstić information content (AvgIpc) is 2.93. The Morgan fingerprint density at radius 2 is 1.33 bits per heavy atom. The molecule has 0 aliphatic heterocycles. The molecule has 0 saturated heterocycles. The predicted molar refractivity (Wildman–Crippen MR) is 165 cm³/mol. The minimum atomic E-state index is -3.74. The van der Waals surface area contributed by atoms with Crippen LogP contribution in [0, 0.1) is 6.92 Å². The molecule has 0 fully saturated rings. The van der Waals surface area contributed by atoms with Crippen LogP contribution in [0.2, 0.25) is 0 Å². The van der Waals surface area contributed by atoms with Crippen molar-refractivity contribution >= 4 is 22.4 Å². The summed E-state index contributed by atoms with van der Waals surface area (Å²) >= 11 is 0. The first-order valence-corrected chi connectivity index (χ1v) is 15.1. The van der Waals surface area contributed by atoms with Crippen LogP contribution in [0.5, 0.6) is 0 Å². The Hall–Kier alpha value is -2.70. The molecule has 1 aliphatic carbocycles. The van der Waals surface area contributed by atoms with Gasteiger partial charge in [0.15, 0.2) is 0 Å². The molecule has 1 aliphatic rings. The largest absolute Gasteiger partial charge is 0.308 e. The van der Waals surface area contributed by atoms with Gasteiger partial charge in [-0.2, -0.15) is 0 Å². The van der Waals surface area contributed by atoms with Crippen molar-refractivity contribution in [2.75, 3.05) is 6.54 Å². The SMILES string of the molecule is CC1=C(C)CC(CCCCN[C@@H](c2ccccc2)[C@@H](NS(=O)(=O)c2ccc(C)cc2)c2ccccc2)=CC1.Cl. The van der Waals surface area contributed by atoms with Crippen molar-refractivity contribution in [3.05, 3.63) is 124 Å². The van der Waals surface area contributed by atoms with Gasteiger partial charge in [0.25, 0.3) is 0 Å². The number of sulfonamides is 1. The molecule has 4 nitrogen and oxygen atoms in total. The molecule has 3 aromatic rings. The number of unbranched alkanes of at least 4 members (excludes halogenated alkanes) is 1. The maximum Gasteiger partial charge on any atom is 0.241 e. The van der Waals surface area contributed by atoms with Crippen molar-refractivity contribution in [2.45, 2.75) is 69.9 Å². The molecule has 0 saturated carbocycles. The van der Waals surface area contributed by atoms with Gasteiger partial charge in [0.1, 0.15) is 0 Å². The van der Waals surface area contributed by atoms with E-state index >= 15 is 0 Å². The number of rotatable bonds is 12. The fourth-order valence-electron chi connectivity index (χ4n) is 4.99. The Labute approximate surface area is 241 Å². The van der Waals surface area contributed by atoms with Crippen LogP contribution < -0.4 is 10.0 Å². The third-order valence-electron chi connectivity index (χ3n) is 7.47. The fraction of sp³-hybridized carbons (Fsp3) is 0.333. The quantitative estimate of drug-likeness (QED) is 0.173. The number of hydrogen-bond acceptors (Lipinski definition) is 3. The molecule has 4 rings (SSSR count). The number of aryl methyl sites for hydroxylation is 1. The van der Waals surface area contributed by atoms with Crippen molar-refractivity contribution in [3.63, 3.8) is 0 Å². The summed E-state index contributed by atoms with van der Waals surface area (Å²) in [7, 11) is -3.74. The second-order valence-electron chi connectivity index (χ2n) is 10.4. The van der Waals surface area contributed by atoms with Gasteiger partial charge in [-0.15, -0.1) is 12.4 Å². The molecule has 3 aromatic carbocycles. The van der Waals surface area contributed by atoms with E-state index in [-0.39, 0.29) is 23.3 Å². The number of hydrogen-bond donors (Lipinski definition) is 2. The standard InChI is InChI=1S/C33H40N2O2S.ClH/c1-25-17-21-31(22-18-25)38(36,37)35-33(30-15-8-5-9-16-30)32(29-13-6-4-7-14-29)34-23-11-10-12-28-20-19-26(2)27(3)24-28;/h4-9,13-18,20-22,32-35H,10-12,19,23-24H2,1-3H3;1H/t32-,33-;/m0./s1. The van der Waals surface area contributed by atoms with Gasteiger partial charge in [0.2, 0.25) is 10.0 Å². The third-order valence-corrected chi connectivity index (χ3v) is 8.93. The lowest BCUT2D eigenvalue weighted by Gasteiger charge is -2.30. The molecule has 0 heterocycles. The van der Waals surface area contributed by atoms with Gasteiger partial charge in [-0.05, 0) is 82.7 Å². The smallest absolute Gasteiger partial charge is 0.241 e. The number of nitrogens with one attached hydrogen (secondary N) is 2. The Balaban J connectivity index is 0.00000420. The molecule has 2 N–H and O–H groups in total. The number of allylic oxidation sites excluding steroid dienone is 4. The summed E-state index contributed by atoms with van der Waals surface area (Å²) in [6.45, 7) is 7.23. The van der Waals surface area contributed by atoms with Crippen LogP contribution in [0.4, 0.5) is 0 Å². The van der Waals surface area contributed by atoms with E-state index in [1.54, 1.807) is 17.7 Å². The van der Waals surface area contributed by atoms with E-state index in [1.807, 2.05) is 67.6 Å². The highest BCUT2D eigenvalue weighted by atomic mass is 35.5. The lowest BCUT2D eigenvalue weighted by Crippen LogP contribution is -2.39. The van der Waals surface area contributed by atoms with Crippen molar-refractivity contribution in [3.8, 4) is 0 Å². The first kappa shape index (κ1) is 30.8. The predicted octanol–water partition coefficient (Wildman–Crippen LogP) is 7.99. The van der Waals surface area contributed by atoms with E-state index in [0.717, 1.165) is 55.3 Å². The van der Waals surface area contributed by atoms with Gasteiger partial charge in [0, 0.05) is 0 Å². The summed E-state index contributed by atoms with van der Waals surface area (Å²) in [5.74, 6) is 0. The normalized spacial score (nSPS) is 15.3. The second kappa shape index (κ2) is 14.6. The zero-order valence-corrected chi connectivity index (χ0v) is 24.8. The van der Waals surface area contributed by atoms with E-state index in [4.69, 9.17) is 0 Å². The minimum Gasteiger partial charge on any atom is -0.308 e. The van der Waals surface area contributed by atoms with Gasteiger partial charge < -0.3 is 5.32 Å². The Kier molecular flexibility index (Phi) is 11.6. The molecule has 0 unspecified atom stereocenters. The van der Waals surface area contributed by atoms with Crippen LogP contribution in [0.15, 0.2) is 113 Å². The highest BCUT2D eigenvalue weighted by Gasteiger charge is 2.29. The van der Waals surface area contributed by atoms with Crippen molar-refractivity contribution in [2.24, 2.45) is 0 Å². The molecule has 0 bridgehead atoms. The van der Waals surface area contributed by atoms with E-state index in [0.29, 0.717) is 0 Å². The second-order valence-corrected chi connectivity index (χ2v) is 12.1. The molecule has 208 valence electrons. The van der Waals surface area contributed by atoms with Gasteiger partial charge in [-0.25, -0.2) is 13.1 Å². The van der Waals surface area contributed by atoms with Gasteiger partial charge in [-0.3, -0.25) is 0 Å². The zero-order valence-electron chi connectivity index (χ0n) is 23.2. The lowest BCUT2D eigenvalue weighted by molar-refractivity contribution is 0.417. The van der Waals surface area contributed by atoms with Crippen LogP contribution in [0.25, 0.3) is 0 Å². The van der Waals surface area contributed by atoms with Crippen LogP contribution in [0.1, 0.15) is 74.7 Å². The summed E-state index contributed by atoms with van der Waals surface area (Å²) in [6, 6.07) is 26.3. The van der Waals surface area contributed by atoms with Crippen molar-refractivity contribution < 1.29 is 8.42 Å². The molecular weight excluding hydrogens is 524 g/mol. The summed E-state index contributed by atoms with van der Waals surface area (Å²) in [5, 5.41) is 3.72. The van der Waals surface area contributed by atoms with Crippen LogP contribution in [0.3, 0.4) is 0 Å². The highest BCUT2D eigenvalue weighted by Crippen LogP contribution is 2.31. The fourth-order valence-corrected chi connectivity index (χ4v) is 6.23. The van der Waals surface area contributed by atoms with E-state index < -0.39 is 16.1 Å². The monoisotopic (exact) mass is 564 g/mol. The average molecular weight is 565 g/mol. The molecule has 39 heavy (non-hydrogen) atoms. The molecule has 6 heteroatoms. The molecular formula is C33H41ClN2O2S. The van der Waals surface area contributed by atoms with Crippen LogP contribution in [-0.4, -0.2) is 15.0 Å². The van der Waals surface area contributed by atoms with E-state index in [9.17, 15) is 8.42 Å². The van der Waals surface area contributed by atoms with Gasteiger partial charge in [-0.1, -0.05) is 101 Å². The Morgan fingerprint density at radius 1 is 0.744 bits per heavy atom. The number of halogens is 1. The van der Waals surface area contributed by atoms with Crippen LogP contribution in [-0.2, 0) is 10.0 Å². The van der Waals surface area contributed by atoms with Crippen molar-refractivity contribution in [1.29, 1.82) is 0 Å². The summed E-state index contributed by atoms with van der Waals surface area (Å²) in [5.41, 5.74) is 7.56.